The number of carbonyl (C=O) groups excluding carboxylic acids is 1. The van der Waals surface area contributed by atoms with Crippen LogP contribution in [-0.2, 0) is 27.6 Å². The minimum Gasteiger partial charge on any atom is -0.497 e. The number of nitrogens with zero attached hydrogens (tertiary/aromatic N) is 2. The lowest BCUT2D eigenvalue weighted by atomic mass is 10.1. The van der Waals surface area contributed by atoms with Crippen LogP contribution in [0.2, 0.25) is 0 Å². The standard InChI is InChI=1S/C26H27N3O5S/c1-4-25-27-23-17-21(33-3)11-14-24(23)29(25)20-9-7-19(8-10-20)15-16-34-26(30)28-35(31,32)22-12-5-18(2)6-13-22/h5-14,17H,4,15-16H2,1-3H3,(H,28,30). The van der Waals surface area contributed by atoms with Crippen molar-refractivity contribution in [2.24, 2.45) is 0 Å². The summed E-state index contributed by atoms with van der Waals surface area (Å²) in [4.78, 5) is 16.7. The van der Waals surface area contributed by atoms with Gasteiger partial charge in [0.1, 0.15) is 11.6 Å². The number of benzene rings is 3. The number of rotatable bonds is 8. The molecule has 0 unspecified atom stereocenters. The molecule has 1 aromatic heterocycles. The maximum Gasteiger partial charge on any atom is 0.421 e. The van der Waals surface area contributed by atoms with E-state index in [2.05, 4.69) is 11.5 Å². The number of fused-ring (bicyclic) bond motifs is 1. The average molecular weight is 494 g/mol. The van der Waals surface area contributed by atoms with Crippen LogP contribution >= 0.6 is 0 Å². The molecule has 1 heterocycles. The summed E-state index contributed by atoms with van der Waals surface area (Å²) in [6.07, 6.45) is 0.212. The molecule has 3 aromatic carbocycles. The van der Waals surface area contributed by atoms with E-state index in [0.717, 1.165) is 45.8 Å². The summed E-state index contributed by atoms with van der Waals surface area (Å²) in [5, 5.41) is 0. The average Bonchev–Trinajstić information content (AvgIpc) is 3.22. The van der Waals surface area contributed by atoms with Crippen molar-refractivity contribution in [2.75, 3.05) is 13.7 Å². The zero-order chi connectivity index (χ0) is 25.0. The highest BCUT2D eigenvalue weighted by molar-refractivity contribution is 7.90. The van der Waals surface area contributed by atoms with Crippen LogP contribution in [0.3, 0.4) is 0 Å². The number of hydrogen-bond donors (Lipinski definition) is 1. The molecule has 0 radical (unpaired) electrons. The predicted molar refractivity (Wildman–Crippen MR) is 134 cm³/mol. The number of hydrogen-bond acceptors (Lipinski definition) is 6. The second kappa shape index (κ2) is 10.2. The number of imidazole rings is 1. The molecule has 0 aliphatic rings. The zero-order valence-electron chi connectivity index (χ0n) is 19.8. The van der Waals surface area contributed by atoms with Gasteiger partial charge in [0.05, 0.1) is 29.6 Å². The smallest absolute Gasteiger partial charge is 0.421 e. The Kier molecular flexibility index (Phi) is 7.07. The topological polar surface area (TPSA) is 99.5 Å². The second-order valence-corrected chi connectivity index (χ2v) is 9.72. The molecule has 0 spiro atoms. The predicted octanol–water partition coefficient (Wildman–Crippen LogP) is 4.56. The van der Waals surface area contributed by atoms with Crippen LogP contribution in [0.1, 0.15) is 23.9 Å². The van der Waals surface area contributed by atoms with Gasteiger partial charge in [0.2, 0.25) is 0 Å². The van der Waals surface area contributed by atoms with Gasteiger partial charge in [-0.05, 0) is 48.9 Å². The Labute approximate surface area is 204 Å². The van der Waals surface area contributed by atoms with Crippen molar-refractivity contribution < 1.29 is 22.7 Å². The summed E-state index contributed by atoms with van der Waals surface area (Å²) in [6.45, 7) is 3.95. The first-order valence-electron chi connectivity index (χ1n) is 11.2. The fraction of sp³-hybridized carbons (Fsp3) is 0.231. The molecule has 4 rings (SSSR count). The zero-order valence-corrected chi connectivity index (χ0v) is 20.6. The van der Waals surface area contributed by atoms with Gasteiger partial charge in [0.15, 0.2) is 0 Å². The number of aryl methyl sites for hydroxylation is 2. The molecule has 35 heavy (non-hydrogen) atoms. The molecule has 0 atom stereocenters. The highest BCUT2D eigenvalue weighted by atomic mass is 32.2. The molecule has 1 amide bonds. The van der Waals surface area contributed by atoms with Crippen molar-refractivity contribution in [3.8, 4) is 11.4 Å². The first-order chi connectivity index (χ1) is 16.8. The Hall–Kier alpha value is -3.85. The van der Waals surface area contributed by atoms with E-state index < -0.39 is 16.1 Å². The van der Waals surface area contributed by atoms with E-state index in [1.165, 1.54) is 12.1 Å². The van der Waals surface area contributed by atoms with Gasteiger partial charge in [0, 0.05) is 24.6 Å². The SMILES string of the molecule is CCc1nc2cc(OC)ccc2n1-c1ccc(CCOC(=O)NS(=O)(=O)c2ccc(C)cc2)cc1. The molecule has 1 N–H and O–H groups in total. The van der Waals surface area contributed by atoms with Gasteiger partial charge in [-0.25, -0.2) is 22.9 Å². The summed E-state index contributed by atoms with van der Waals surface area (Å²) in [7, 11) is -2.34. The van der Waals surface area contributed by atoms with Crippen molar-refractivity contribution in [1.82, 2.24) is 14.3 Å². The van der Waals surface area contributed by atoms with E-state index >= 15 is 0 Å². The van der Waals surface area contributed by atoms with Gasteiger partial charge < -0.3 is 9.47 Å². The van der Waals surface area contributed by atoms with Crippen molar-refractivity contribution in [1.29, 1.82) is 0 Å². The van der Waals surface area contributed by atoms with Gasteiger partial charge in [-0.15, -0.1) is 0 Å². The van der Waals surface area contributed by atoms with E-state index in [0.29, 0.717) is 6.42 Å². The number of nitrogens with one attached hydrogen (secondary N) is 1. The van der Waals surface area contributed by atoms with Crippen LogP contribution in [0.25, 0.3) is 16.7 Å². The number of amides is 1. The third-order valence-corrected chi connectivity index (χ3v) is 6.94. The Balaban J connectivity index is 1.39. The lowest BCUT2D eigenvalue weighted by molar-refractivity contribution is 0.154. The third-order valence-electron chi connectivity index (χ3n) is 5.61. The summed E-state index contributed by atoms with van der Waals surface area (Å²) >= 11 is 0. The Morgan fingerprint density at radius 2 is 1.74 bits per heavy atom. The van der Waals surface area contributed by atoms with Crippen LogP contribution in [-0.4, -0.2) is 37.8 Å². The molecule has 0 fully saturated rings. The molecule has 9 heteroatoms. The summed E-state index contributed by atoms with van der Waals surface area (Å²) in [6, 6.07) is 19.9. The van der Waals surface area contributed by atoms with Crippen LogP contribution in [0.15, 0.2) is 71.6 Å². The van der Waals surface area contributed by atoms with Crippen LogP contribution in [0.5, 0.6) is 5.75 Å². The summed E-state index contributed by atoms with van der Waals surface area (Å²) in [5.41, 5.74) is 4.70. The van der Waals surface area contributed by atoms with Crippen LogP contribution < -0.4 is 9.46 Å². The van der Waals surface area contributed by atoms with Gasteiger partial charge in [0.25, 0.3) is 10.0 Å². The number of methoxy groups -OCH3 is 1. The molecular formula is C26H27N3O5S. The second-order valence-electron chi connectivity index (χ2n) is 8.04. The Bertz CT molecular complexity index is 1440. The van der Waals surface area contributed by atoms with Gasteiger partial charge in [-0.2, -0.15) is 0 Å². The number of aromatic nitrogens is 2. The Morgan fingerprint density at radius 3 is 2.40 bits per heavy atom. The number of ether oxygens (including phenoxy) is 2. The van der Waals surface area contributed by atoms with Gasteiger partial charge in [-0.1, -0.05) is 36.8 Å². The molecule has 182 valence electrons. The lowest BCUT2D eigenvalue weighted by Gasteiger charge is -2.11. The monoisotopic (exact) mass is 493 g/mol. The van der Waals surface area contributed by atoms with E-state index in [-0.39, 0.29) is 11.5 Å². The fourth-order valence-corrected chi connectivity index (χ4v) is 4.64. The van der Waals surface area contributed by atoms with Crippen molar-refractivity contribution >= 4 is 27.1 Å². The highest BCUT2D eigenvalue weighted by Crippen LogP contribution is 2.26. The molecule has 0 saturated carbocycles. The fourth-order valence-electron chi connectivity index (χ4n) is 3.75. The molecule has 0 aliphatic heterocycles. The summed E-state index contributed by atoms with van der Waals surface area (Å²) < 4.78 is 39.0. The van der Waals surface area contributed by atoms with E-state index in [1.807, 2.05) is 54.1 Å². The quantitative estimate of drug-likeness (QED) is 0.386. The van der Waals surface area contributed by atoms with Crippen molar-refractivity contribution in [2.45, 2.75) is 31.6 Å². The minimum absolute atomic E-state index is 0.00700. The van der Waals surface area contributed by atoms with E-state index in [9.17, 15) is 13.2 Å². The summed E-state index contributed by atoms with van der Waals surface area (Å²) in [5.74, 6) is 1.70. The largest absolute Gasteiger partial charge is 0.497 e. The number of sulfonamides is 1. The Morgan fingerprint density at radius 1 is 1.03 bits per heavy atom. The van der Waals surface area contributed by atoms with Crippen LogP contribution in [0, 0.1) is 6.92 Å². The maximum atomic E-state index is 12.3. The normalized spacial score (nSPS) is 11.4. The molecule has 0 bridgehead atoms. The molecule has 0 saturated heterocycles. The van der Waals surface area contributed by atoms with Crippen molar-refractivity contribution in [3.63, 3.8) is 0 Å². The molecule has 4 aromatic rings. The third kappa shape index (κ3) is 5.46. The maximum absolute atomic E-state index is 12.3. The highest BCUT2D eigenvalue weighted by Gasteiger charge is 2.18. The molecular weight excluding hydrogens is 466 g/mol. The van der Waals surface area contributed by atoms with E-state index in [4.69, 9.17) is 14.5 Å². The minimum atomic E-state index is -3.97. The number of carbonyl (C=O) groups is 1. The first-order valence-corrected chi connectivity index (χ1v) is 12.7. The van der Waals surface area contributed by atoms with Gasteiger partial charge >= 0.3 is 6.09 Å². The van der Waals surface area contributed by atoms with E-state index in [1.54, 1.807) is 19.2 Å². The van der Waals surface area contributed by atoms with Gasteiger partial charge in [-0.3, -0.25) is 4.57 Å². The first kappa shape index (κ1) is 24.3. The molecule has 8 nitrogen and oxygen atoms in total. The molecule has 0 aliphatic carbocycles. The lowest BCUT2D eigenvalue weighted by Crippen LogP contribution is -2.31. The van der Waals surface area contributed by atoms with Crippen molar-refractivity contribution in [3.05, 3.63) is 83.7 Å². The van der Waals surface area contributed by atoms with Crippen LogP contribution in [0.4, 0.5) is 4.79 Å².